The van der Waals surface area contributed by atoms with Gasteiger partial charge in [0.15, 0.2) is 0 Å². The van der Waals surface area contributed by atoms with Crippen LogP contribution in [0.5, 0.6) is 5.75 Å². The minimum absolute atomic E-state index is 0.307. The van der Waals surface area contributed by atoms with Crippen molar-refractivity contribution < 1.29 is 27.4 Å². The maximum Gasteiger partial charge on any atom is 0.573 e. The van der Waals surface area contributed by atoms with E-state index in [-0.39, 0.29) is 5.75 Å². The number of carbonyl (C=O) groups excluding carboxylic acids is 1. The fourth-order valence-electron chi connectivity index (χ4n) is 0.909. The molecule has 0 aliphatic heterocycles. The summed E-state index contributed by atoms with van der Waals surface area (Å²) in [6, 6.07) is 4.69. The molecule has 20 heavy (non-hydrogen) atoms. The van der Waals surface area contributed by atoms with Crippen LogP contribution in [0.15, 0.2) is 24.3 Å². The van der Waals surface area contributed by atoms with E-state index >= 15 is 0 Å². The molecule has 0 saturated carbocycles. The van der Waals surface area contributed by atoms with Gasteiger partial charge < -0.3 is 9.47 Å². The summed E-state index contributed by atoms with van der Waals surface area (Å²) in [6.45, 7) is 4.36. The second kappa shape index (κ2) is 9.06. The Morgan fingerprint density at radius 1 is 1.15 bits per heavy atom. The highest BCUT2D eigenvalue weighted by atomic mass is 19.4. The largest absolute Gasteiger partial charge is 0.573 e. The van der Waals surface area contributed by atoms with Crippen LogP contribution in [-0.2, 0) is 4.74 Å². The summed E-state index contributed by atoms with van der Waals surface area (Å²) in [5, 5.41) is 2.28. The highest BCUT2D eigenvalue weighted by Gasteiger charge is 2.30. The molecular weight excluding hydrogens is 275 g/mol. The molecule has 0 fully saturated rings. The molecule has 1 aromatic carbocycles. The number of alkyl halides is 3. The second-order valence-corrected chi connectivity index (χ2v) is 3.69. The fraction of sp³-hybridized carbons (Fsp3) is 0.462. The van der Waals surface area contributed by atoms with E-state index in [0.29, 0.717) is 5.69 Å². The van der Waals surface area contributed by atoms with Crippen molar-refractivity contribution in [2.75, 3.05) is 12.4 Å². The van der Waals surface area contributed by atoms with Crippen molar-refractivity contribution in [1.82, 2.24) is 0 Å². The van der Waals surface area contributed by atoms with Crippen molar-refractivity contribution in [3.05, 3.63) is 24.3 Å². The Labute approximate surface area is 115 Å². The molecule has 0 aliphatic rings. The van der Waals surface area contributed by atoms with Crippen molar-refractivity contribution >= 4 is 11.8 Å². The van der Waals surface area contributed by atoms with Gasteiger partial charge in [-0.15, -0.1) is 13.2 Å². The maximum atomic E-state index is 11.8. The molecule has 0 unspecified atom stereocenters. The van der Waals surface area contributed by atoms with E-state index in [2.05, 4.69) is 28.6 Å². The topological polar surface area (TPSA) is 47.6 Å². The molecule has 1 rings (SSSR count). The number of nitrogens with one attached hydrogen (secondary N) is 1. The van der Waals surface area contributed by atoms with Gasteiger partial charge in [-0.25, -0.2) is 4.79 Å². The second-order valence-electron chi connectivity index (χ2n) is 3.69. The number of amides is 1. The lowest BCUT2D eigenvalue weighted by molar-refractivity contribution is -0.274. The highest BCUT2D eigenvalue weighted by molar-refractivity contribution is 5.84. The van der Waals surface area contributed by atoms with Crippen LogP contribution in [0.1, 0.15) is 26.7 Å². The average molecular weight is 293 g/mol. The van der Waals surface area contributed by atoms with E-state index in [9.17, 15) is 18.0 Å². The molecule has 1 N–H and O–H groups in total. The number of hydrogen-bond donors (Lipinski definition) is 1. The minimum atomic E-state index is -4.72. The molecule has 7 heteroatoms. The number of benzene rings is 1. The molecule has 114 valence electrons. The Bertz CT molecular complexity index is 389. The standard InChI is InChI=1S/C9H8F3NO3.C4H10/c1-15-8(14)13-6-2-4-7(5-3-6)16-9(10,11)12;1-3-4-2/h2-5H,1H3,(H,13,14);3-4H2,1-2H3. The van der Waals surface area contributed by atoms with Crippen LogP contribution in [0.3, 0.4) is 0 Å². The molecule has 0 saturated heterocycles. The molecule has 0 aromatic heterocycles. The SMILES string of the molecule is CCCC.COC(=O)Nc1ccc(OC(F)(F)F)cc1. The van der Waals surface area contributed by atoms with Crippen LogP contribution >= 0.6 is 0 Å². The van der Waals surface area contributed by atoms with Gasteiger partial charge in [0.25, 0.3) is 0 Å². The first kappa shape index (κ1) is 18.1. The number of methoxy groups -OCH3 is 1. The van der Waals surface area contributed by atoms with Gasteiger partial charge in [-0.05, 0) is 24.3 Å². The first-order valence-electron chi connectivity index (χ1n) is 6.03. The van der Waals surface area contributed by atoms with Crippen molar-refractivity contribution in [1.29, 1.82) is 0 Å². The van der Waals surface area contributed by atoms with Crippen molar-refractivity contribution in [2.24, 2.45) is 0 Å². The third kappa shape index (κ3) is 9.07. The predicted octanol–water partition coefficient (Wildman–Crippen LogP) is 4.57. The summed E-state index contributed by atoms with van der Waals surface area (Å²) < 4.78 is 43.3. The maximum absolute atomic E-state index is 11.8. The lowest BCUT2D eigenvalue weighted by Gasteiger charge is -2.09. The van der Waals surface area contributed by atoms with E-state index < -0.39 is 12.5 Å². The molecule has 0 radical (unpaired) electrons. The van der Waals surface area contributed by atoms with Crippen LogP contribution in [0, 0.1) is 0 Å². The number of anilines is 1. The van der Waals surface area contributed by atoms with Crippen molar-refractivity contribution in [3.8, 4) is 5.75 Å². The third-order valence-corrected chi connectivity index (χ3v) is 2.02. The first-order valence-corrected chi connectivity index (χ1v) is 6.03. The Kier molecular flexibility index (Phi) is 8.19. The zero-order valence-corrected chi connectivity index (χ0v) is 11.6. The van der Waals surface area contributed by atoms with Crippen molar-refractivity contribution in [2.45, 2.75) is 33.1 Å². The summed E-state index contributed by atoms with van der Waals surface area (Å²) in [5.41, 5.74) is 0.307. The van der Waals surface area contributed by atoms with E-state index in [0.717, 1.165) is 12.1 Å². The van der Waals surface area contributed by atoms with Crippen LogP contribution in [0.4, 0.5) is 23.7 Å². The molecule has 0 aliphatic carbocycles. The van der Waals surface area contributed by atoms with Crippen LogP contribution in [-0.4, -0.2) is 19.6 Å². The predicted molar refractivity (Wildman–Crippen MR) is 69.7 cm³/mol. The lowest BCUT2D eigenvalue weighted by atomic mass is 10.3. The number of hydrogen-bond acceptors (Lipinski definition) is 3. The number of carbonyl (C=O) groups is 1. The Morgan fingerprint density at radius 3 is 2.00 bits per heavy atom. The molecule has 0 bridgehead atoms. The fourth-order valence-corrected chi connectivity index (χ4v) is 0.909. The highest BCUT2D eigenvalue weighted by Crippen LogP contribution is 2.23. The number of ether oxygens (including phenoxy) is 2. The van der Waals surface area contributed by atoms with Gasteiger partial charge in [-0.3, -0.25) is 5.32 Å². The Morgan fingerprint density at radius 2 is 1.65 bits per heavy atom. The number of unbranched alkanes of at least 4 members (excludes halogenated alkanes) is 1. The molecular formula is C13H18F3NO3. The molecule has 4 nitrogen and oxygen atoms in total. The van der Waals surface area contributed by atoms with Crippen molar-refractivity contribution in [3.63, 3.8) is 0 Å². The number of rotatable bonds is 3. The van der Waals surface area contributed by atoms with E-state index in [4.69, 9.17) is 0 Å². The summed E-state index contributed by atoms with van der Waals surface area (Å²) in [5.74, 6) is -0.358. The molecule has 0 heterocycles. The van der Waals surface area contributed by atoms with Gasteiger partial charge in [0, 0.05) is 5.69 Å². The van der Waals surface area contributed by atoms with Gasteiger partial charge in [-0.1, -0.05) is 26.7 Å². The Balaban J connectivity index is 0.000000796. The smallest absolute Gasteiger partial charge is 0.453 e. The van der Waals surface area contributed by atoms with E-state index in [1.807, 2.05) is 0 Å². The van der Waals surface area contributed by atoms with Crippen LogP contribution in [0.2, 0.25) is 0 Å². The summed E-state index contributed by atoms with van der Waals surface area (Å²) in [7, 11) is 1.18. The van der Waals surface area contributed by atoms with Gasteiger partial charge in [0.2, 0.25) is 0 Å². The monoisotopic (exact) mass is 293 g/mol. The summed E-state index contributed by atoms with van der Waals surface area (Å²) in [6.07, 6.45) is -2.79. The molecule has 0 spiro atoms. The molecule has 1 amide bonds. The van der Waals surface area contributed by atoms with Gasteiger partial charge in [0.05, 0.1) is 7.11 Å². The zero-order valence-electron chi connectivity index (χ0n) is 11.6. The van der Waals surface area contributed by atoms with Gasteiger partial charge >= 0.3 is 12.5 Å². The van der Waals surface area contributed by atoms with Crippen LogP contribution in [0.25, 0.3) is 0 Å². The minimum Gasteiger partial charge on any atom is -0.453 e. The van der Waals surface area contributed by atoms with E-state index in [1.54, 1.807) is 0 Å². The van der Waals surface area contributed by atoms with Crippen LogP contribution < -0.4 is 10.1 Å². The third-order valence-electron chi connectivity index (χ3n) is 2.02. The molecule has 0 atom stereocenters. The molecule has 1 aromatic rings. The summed E-state index contributed by atoms with van der Waals surface area (Å²) in [4.78, 5) is 10.8. The van der Waals surface area contributed by atoms with Gasteiger partial charge in [0.1, 0.15) is 5.75 Å². The average Bonchev–Trinajstić information content (AvgIpc) is 2.39. The van der Waals surface area contributed by atoms with Gasteiger partial charge in [-0.2, -0.15) is 0 Å². The lowest BCUT2D eigenvalue weighted by Crippen LogP contribution is -2.17. The summed E-state index contributed by atoms with van der Waals surface area (Å²) >= 11 is 0. The first-order chi connectivity index (χ1) is 9.32. The van der Waals surface area contributed by atoms with E-state index in [1.165, 1.54) is 32.1 Å². The number of halogens is 3. The Hall–Kier alpha value is -1.92. The normalized spacial score (nSPS) is 10.1. The zero-order chi connectivity index (χ0) is 15.6. The quantitative estimate of drug-likeness (QED) is 0.888.